The molecule has 1 atom stereocenters. The van der Waals surface area contributed by atoms with Crippen LogP contribution in [-0.2, 0) is 4.74 Å². The van der Waals surface area contributed by atoms with Gasteiger partial charge in [0.25, 0.3) is 0 Å². The Morgan fingerprint density at radius 2 is 2.25 bits per heavy atom. The van der Waals surface area contributed by atoms with Crippen molar-refractivity contribution >= 4 is 5.97 Å². The molecule has 0 spiro atoms. The molecule has 1 aliphatic heterocycles. The third-order valence-corrected chi connectivity index (χ3v) is 3.15. The number of aromatic carboxylic acids is 1. The molecule has 1 aliphatic carbocycles. The largest absolute Gasteiger partial charge is 0.476 e. The van der Waals surface area contributed by atoms with Gasteiger partial charge >= 0.3 is 5.97 Å². The first-order chi connectivity index (χ1) is 7.77. The highest BCUT2D eigenvalue weighted by Gasteiger charge is 2.36. The molecule has 1 N–H and O–H groups in total. The molecule has 1 saturated carbocycles. The SMILES string of the molecule is O=C(O)c1nnn(C2CCOC2)c1C1CC1. The van der Waals surface area contributed by atoms with Crippen LogP contribution in [0.15, 0.2) is 0 Å². The molecular weight excluding hydrogens is 210 g/mol. The minimum atomic E-state index is -0.980. The van der Waals surface area contributed by atoms with Gasteiger partial charge in [0.05, 0.1) is 18.3 Å². The Kier molecular flexibility index (Phi) is 2.17. The maximum Gasteiger partial charge on any atom is 0.358 e. The molecule has 1 saturated heterocycles. The van der Waals surface area contributed by atoms with Crippen molar-refractivity contribution in [3.63, 3.8) is 0 Å². The fraction of sp³-hybridized carbons (Fsp3) is 0.700. The van der Waals surface area contributed by atoms with Crippen molar-refractivity contribution in [2.24, 2.45) is 0 Å². The van der Waals surface area contributed by atoms with Gasteiger partial charge in [0.15, 0.2) is 5.69 Å². The second-order valence-electron chi connectivity index (χ2n) is 4.36. The number of aromatic nitrogens is 3. The zero-order chi connectivity index (χ0) is 11.1. The minimum Gasteiger partial charge on any atom is -0.476 e. The molecule has 2 fully saturated rings. The summed E-state index contributed by atoms with van der Waals surface area (Å²) in [6.45, 7) is 1.33. The van der Waals surface area contributed by atoms with Crippen molar-refractivity contribution in [2.75, 3.05) is 13.2 Å². The van der Waals surface area contributed by atoms with Crippen molar-refractivity contribution in [1.82, 2.24) is 15.0 Å². The summed E-state index contributed by atoms with van der Waals surface area (Å²) in [7, 11) is 0. The smallest absolute Gasteiger partial charge is 0.358 e. The average molecular weight is 223 g/mol. The van der Waals surface area contributed by atoms with Crippen LogP contribution in [-0.4, -0.2) is 39.3 Å². The highest BCUT2D eigenvalue weighted by Crippen LogP contribution is 2.42. The quantitative estimate of drug-likeness (QED) is 0.820. The molecule has 2 heterocycles. The van der Waals surface area contributed by atoms with Crippen LogP contribution in [0.3, 0.4) is 0 Å². The first kappa shape index (κ1) is 9.77. The number of hydrogen-bond donors (Lipinski definition) is 1. The molecule has 16 heavy (non-hydrogen) atoms. The van der Waals surface area contributed by atoms with Crippen molar-refractivity contribution in [1.29, 1.82) is 0 Å². The van der Waals surface area contributed by atoms with Gasteiger partial charge in [-0.25, -0.2) is 9.48 Å². The molecule has 0 radical (unpaired) electrons. The zero-order valence-corrected chi connectivity index (χ0v) is 8.80. The van der Waals surface area contributed by atoms with Gasteiger partial charge in [-0.2, -0.15) is 0 Å². The molecule has 1 unspecified atom stereocenters. The van der Waals surface area contributed by atoms with Crippen LogP contribution in [0, 0.1) is 0 Å². The summed E-state index contributed by atoms with van der Waals surface area (Å²) in [6.07, 6.45) is 2.98. The maximum absolute atomic E-state index is 11.0. The van der Waals surface area contributed by atoms with Gasteiger partial charge in [0.1, 0.15) is 0 Å². The zero-order valence-electron chi connectivity index (χ0n) is 8.80. The van der Waals surface area contributed by atoms with E-state index in [-0.39, 0.29) is 11.7 Å². The molecule has 1 aromatic rings. The molecule has 0 amide bonds. The van der Waals surface area contributed by atoms with Crippen molar-refractivity contribution in [3.8, 4) is 0 Å². The Hall–Kier alpha value is -1.43. The Morgan fingerprint density at radius 3 is 2.81 bits per heavy atom. The summed E-state index contributed by atoms with van der Waals surface area (Å²) in [4.78, 5) is 11.0. The number of hydrogen-bond acceptors (Lipinski definition) is 4. The second-order valence-corrected chi connectivity index (χ2v) is 4.36. The van der Waals surface area contributed by atoms with Crippen LogP contribution in [0.1, 0.15) is 47.4 Å². The van der Waals surface area contributed by atoms with E-state index in [2.05, 4.69) is 10.3 Å². The van der Waals surface area contributed by atoms with Crippen LogP contribution in [0.5, 0.6) is 0 Å². The number of rotatable bonds is 3. The van der Waals surface area contributed by atoms with E-state index in [9.17, 15) is 4.79 Å². The van der Waals surface area contributed by atoms with E-state index in [1.165, 1.54) is 0 Å². The van der Waals surface area contributed by atoms with Crippen LogP contribution < -0.4 is 0 Å². The summed E-state index contributed by atoms with van der Waals surface area (Å²) < 4.78 is 7.07. The molecule has 0 bridgehead atoms. The molecule has 6 nitrogen and oxygen atoms in total. The summed E-state index contributed by atoms with van der Waals surface area (Å²) >= 11 is 0. The standard InChI is InChI=1S/C10H13N3O3/c14-10(15)8-9(6-1-2-6)13(12-11-8)7-3-4-16-5-7/h6-7H,1-5H2,(H,14,15). The fourth-order valence-corrected chi connectivity index (χ4v) is 2.18. The number of carbonyl (C=O) groups is 1. The Labute approximate surface area is 92.2 Å². The summed E-state index contributed by atoms with van der Waals surface area (Å²) in [6, 6.07) is 0.163. The normalized spacial score (nSPS) is 24.9. The van der Waals surface area contributed by atoms with E-state index in [0.29, 0.717) is 12.5 Å². The molecule has 86 valence electrons. The minimum absolute atomic E-state index is 0.120. The van der Waals surface area contributed by atoms with Gasteiger partial charge in [-0.15, -0.1) is 5.10 Å². The van der Waals surface area contributed by atoms with E-state index >= 15 is 0 Å². The van der Waals surface area contributed by atoms with Crippen molar-refractivity contribution < 1.29 is 14.6 Å². The maximum atomic E-state index is 11.0. The third kappa shape index (κ3) is 1.49. The highest BCUT2D eigenvalue weighted by molar-refractivity contribution is 5.86. The topological polar surface area (TPSA) is 77.2 Å². The van der Waals surface area contributed by atoms with E-state index in [1.807, 2.05) is 0 Å². The van der Waals surface area contributed by atoms with Crippen LogP contribution >= 0.6 is 0 Å². The van der Waals surface area contributed by atoms with Gasteiger partial charge in [-0.05, 0) is 19.3 Å². The third-order valence-electron chi connectivity index (χ3n) is 3.15. The van der Waals surface area contributed by atoms with E-state index in [0.717, 1.165) is 31.6 Å². The monoisotopic (exact) mass is 223 g/mol. The van der Waals surface area contributed by atoms with Gasteiger partial charge in [0.2, 0.25) is 0 Å². The molecule has 6 heteroatoms. The van der Waals surface area contributed by atoms with Gasteiger partial charge < -0.3 is 9.84 Å². The lowest BCUT2D eigenvalue weighted by Crippen LogP contribution is -2.14. The summed E-state index contributed by atoms with van der Waals surface area (Å²) in [5.41, 5.74) is 0.914. The number of carboxylic acids is 1. The van der Waals surface area contributed by atoms with Crippen LogP contribution in [0.4, 0.5) is 0 Å². The fourth-order valence-electron chi connectivity index (χ4n) is 2.18. The number of carboxylic acid groups (broad SMARTS) is 1. The molecule has 0 aromatic carbocycles. The van der Waals surface area contributed by atoms with Crippen molar-refractivity contribution in [2.45, 2.75) is 31.2 Å². The van der Waals surface area contributed by atoms with E-state index in [1.54, 1.807) is 4.68 Å². The second kappa shape index (κ2) is 3.55. The number of ether oxygens (including phenoxy) is 1. The van der Waals surface area contributed by atoms with Gasteiger partial charge in [0, 0.05) is 12.5 Å². The highest BCUT2D eigenvalue weighted by atomic mass is 16.5. The van der Waals surface area contributed by atoms with Crippen LogP contribution in [0.2, 0.25) is 0 Å². The summed E-state index contributed by atoms with van der Waals surface area (Å²) in [5.74, 6) is -0.645. The Balaban J connectivity index is 2.00. The lowest BCUT2D eigenvalue weighted by atomic mass is 10.2. The first-order valence-electron chi connectivity index (χ1n) is 5.53. The molecular formula is C10H13N3O3. The average Bonchev–Trinajstić information content (AvgIpc) is 2.82. The van der Waals surface area contributed by atoms with Crippen molar-refractivity contribution in [3.05, 3.63) is 11.4 Å². The molecule has 3 rings (SSSR count). The lowest BCUT2D eigenvalue weighted by Gasteiger charge is -2.11. The van der Waals surface area contributed by atoms with Gasteiger partial charge in [-0.3, -0.25) is 0 Å². The van der Waals surface area contributed by atoms with E-state index in [4.69, 9.17) is 9.84 Å². The number of nitrogens with zero attached hydrogens (tertiary/aromatic N) is 3. The predicted molar refractivity (Wildman–Crippen MR) is 53.4 cm³/mol. The Bertz CT molecular complexity index is 419. The van der Waals surface area contributed by atoms with Crippen LogP contribution in [0.25, 0.3) is 0 Å². The molecule has 2 aliphatic rings. The van der Waals surface area contributed by atoms with E-state index < -0.39 is 5.97 Å². The molecule has 1 aromatic heterocycles. The summed E-state index contributed by atoms with van der Waals surface area (Å²) in [5, 5.41) is 16.8. The van der Waals surface area contributed by atoms with Gasteiger partial charge in [-0.1, -0.05) is 5.21 Å². The lowest BCUT2D eigenvalue weighted by molar-refractivity contribution is 0.0689. The first-order valence-corrected chi connectivity index (χ1v) is 5.53. The Morgan fingerprint density at radius 1 is 1.44 bits per heavy atom. The predicted octanol–water partition coefficient (Wildman–Crippen LogP) is 0.815.